The van der Waals surface area contributed by atoms with Gasteiger partial charge in [-0.25, -0.2) is 0 Å². The van der Waals surface area contributed by atoms with Crippen LogP contribution < -0.4 is 5.32 Å². The number of unbranched alkanes of at least 4 members (excludes halogenated alkanes) is 3. The second kappa shape index (κ2) is 7.76. The lowest BCUT2D eigenvalue weighted by molar-refractivity contribution is 0.475. The molecule has 0 fully saturated rings. The van der Waals surface area contributed by atoms with E-state index in [-0.39, 0.29) is 0 Å². The summed E-state index contributed by atoms with van der Waals surface area (Å²) >= 11 is 2.06. The fraction of sp³-hybridized carbons (Fsp3) is 0.529. The summed E-state index contributed by atoms with van der Waals surface area (Å²) in [6.45, 7) is 3.78. The van der Waals surface area contributed by atoms with Crippen LogP contribution in [-0.4, -0.2) is 18.3 Å². The van der Waals surface area contributed by atoms with E-state index in [0.29, 0.717) is 11.3 Å². The van der Waals surface area contributed by atoms with Crippen LogP contribution in [0.25, 0.3) is 0 Å². The zero-order valence-corrected chi connectivity index (χ0v) is 12.7. The van der Waals surface area contributed by atoms with Gasteiger partial charge in [0.2, 0.25) is 0 Å². The van der Waals surface area contributed by atoms with E-state index < -0.39 is 0 Å². The van der Waals surface area contributed by atoms with Crippen LogP contribution in [0.4, 0.5) is 0 Å². The van der Waals surface area contributed by atoms with Gasteiger partial charge < -0.3 is 5.32 Å². The van der Waals surface area contributed by atoms with E-state index in [0.717, 1.165) is 6.42 Å². The van der Waals surface area contributed by atoms with Crippen molar-refractivity contribution in [3.05, 3.63) is 42.5 Å². The van der Waals surface area contributed by atoms with Gasteiger partial charge in [0.1, 0.15) is 0 Å². The summed E-state index contributed by atoms with van der Waals surface area (Å²) in [6.07, 6.45) is 9.64. The van der Waals surface area contributed by atoms with Crippen molar-refractivity contribution < 1.29 is 0 Å². The highest BCUT2D eigenvalue weighted by molar-refractivity contribution is 8.00. The first kappa shape index (κ1) is 14.7. The molecule has 0 bridgehead atoms. The van der Waals surface area contributed by atoms with E-state index in [4.69, 9.17) is 0 Å². The minimum atomic E-state index is 0.640. The number of thioether (sulfide) groups is 1. The average Bonchev–Trinajstić information content (AvgIpc) is 2.86. The molecule has 1 heterocycles. The number of allylic oxidation sites excluding steroid dienone is 1. The van der Waals surface area contributed by atoms with E-state index in [1.807, 2.05) is 6.08 Å². The Labute approximate surface area is 121 Å². The van der Waals surface area contributed by atoms with Crippen LogP contribution >= 0.6 is 11.8 Å². The molecular weight excluding hydrogens is 250 g/mol. The maximum absolute atomic E-state index is 3.78. The Bertz CT molecular complexity index is 377. The minimum absolute atomic E-state index is 0.640. The number of benzene rings is 1. The first-order chi connectivity index (χ1) is 9.35. The van der Waals surface area contributed by atoms with Crippen LogP contribution in [0.2, 0.25) is 0 Å². The topological polar surface area (TPSA) is 12.0 Å². The SMILES string of the molecule is C=CCCCCCC(NC)C1Cc2ccccc2S1. The second-order valence-electron chi connectivity index (χ2n) is 5.29. The largest absolute Gasteiger partial charge is 0.316 e. The van der Waals surface area contributed by atoms with Gasteiger partial charge in [0.25, 0.3) is 0 Å². The summed E-state index contributed by atoms with van der Waals surface area (Å²) in [5.74, 6) is 0. The first-order valence-corrected chi connectivity index (χ1v) is 8.26. The monoisotopic (exact) mass is 275 g/mol. The highest BCUT2D eigenvalue weighted by Gasteiger charge is 2.27. The lowest BCUT2D eigenvalue weighted by Crippen LogP contribution is -2.35. The fourth-order valence-corrected chi connectivity index (χ4v) is 4.26. The summed E-state index contributed by atoms with van der Waals surface area (Å²) in [5.41, 5.74) is 1.53. The zero-order chi connectivity index (χ0) is 13.5. The summed E-state index contributed by atoms with van der Waals surface area (Å²) in [4.78, 5) is 1.49. The molecule has 104 valence electrons. The molecule has 2 atom stereocenters. The normalized spacial score (nSPS) is 19.1. The first-order valence-electron chi connectivity index (χ1n) is 7.38. The highest BCUT2D eigenvalue weighted by atomic mass is 32.2. The molecule has 1 aliphatic heterocycles. The Kier molecular flexibility index (Phi) is 5.99. The molecule has 0 saturated carbocycles. The van der Waals surface area contributed by atoms with Crippen molar-refractivity contribution in [2.45, 2.75) is 54.7 Å². The van der Waals surface area contributed by atoms with Crippen LogP contribution in [-0.2, 0) is 6.42 Å². The molecule has 2 unspecified atom stereocenters. The molecule has 0 saturated heterocycles. The number of rotatable bonds is 8. The van der Waals surface area contributed by atoms with Gasteiger partial charge in [-0.15, -0.1) is 18.3 Å². The highest BCUT2D eigenvalue weighted by Crippen LogP contribution is 2.39. The number of hydrogen-bond acceptors (Lipinski definition) is 2. The second-order valence-corrected chi connectivity index (χ2v) is 6.57. The van der Waals surface area contributed by atoms with Crippen molar-refractivity contribution >= 4 is 11.8 Å². The van der Waals surface area contributed by atoms with Crippen molar-refractivity contribution in [2.24, 2.45) is 0 Å². The van der Waals surface area contributed by atoms with E-state index in [1.165, 1.54) is 42.6 Å². The Hall–Kier alpha value is -0.730. The minimum Gasteiger partial charge on any atom is -0.316 e. The lowest BCUT2D eigenvalue weighted by atomic mass is 10.00. The summed E-state index contributed by atoms with van der Waals surface area (Å²) in [7, 11) is 2.11. The molecule has 1 nitrogen and oxygen atoms in total. The summed E-state index contributed by atoms with van der Waals surface area (Å²) in [5, 5.41) is 4.24. The van der Waals surface area contributed by atoms with Gasteiger partial charge in [-0.3, -0.25) is 0 Å². The van der Waals surface area contributed by atoms with E-state index in [9.17, 15) is 0 Å². The Morgan fingerprint density at radius 1 is 1.37 bits per heavy atom. The maximum atomic E-state index is 3.78. The van der Waals surface area contributed by atoms with Crippen molar-refractivity contribution in [1.82, 2.24) is 5.32 Å². The van der Waals surface area contributed by atoms with Crippen LogP contribution in [0.15, 0.2) is 41.8 Å². The predicted molar refractivity (Wildman–Crippen MR) is 85.9 cm³/mol. The van der Waals surface area contributed by atoms with Crippen LogP contribution in [0.5, 0.6) is 0 Å². The third-order valence-electron chi connectivity index (χ3n) is 3.92. The van der Waals surface area contributed by atoms with Gasteiger partial charge in [-0.1, -0.05) is 37.1 Å². The molecular formula is C17H25NS. The molecule has 0 aliphatic carbocycles. The van der Waals surface area contributed by atoms with Gasteiger partial charge in [-0.05, 0) is 44.4 Å². The lowest BCUT2D eigenvalue weighted by Gasteiger charge is -2.22. The Morgan fingerprint density at radius 3 is 2.95 bits per heavy atom. The van der Waals surface area contributed by atoms with Crippen LogP contribution in [0, 0.1) is 0 Å². The zero-order valence-electron chi connectivity index (χ0n) is 11.9. The maximum Gasteiger partial charge on any atom is 0.0289 e. The fourth-order valence-electron chi connectivity index (χ4n) is 2.78. The molecule has 0 spiro atoms. The summed E-state index contributed by atoms with van der Waals surface area (Å²) < 4.78 is 0. The van der Waals surface area contributed by atoms with Crippen molar-refractivity contribution in [2.75, 3.05) is 7.05 Å². The standard InChI is InChI=1S/C17H25NS/c1-3-4-5-6-7-11-15(18-2)17-13-14-10-8-9-12-16(14)19-17/h3,8-10,12,15,17-18H,1,4-7,11,13H2,2H3. The van der Waals surface area contributed by atoms with Crippen molar-refractivity contribution in [3.63, 3.8) is 0 Å². The molecule has 0 amide bonds. The number of fused-ring (bicyclic) bond motifs is 1. The molecule has 0 radical (unpaired) electrons. The molecule has 1 aromatic carbocycles. The quantitative estimate of drug-likeness (QED) is 0.556. The van der Waals surface area contributed by atoms with Crippen LogP contribution in [0.3, 0.4) is 0 Å². The van der Waals surface area contributed by atoms with E-state index >= 15 is 0 Å². The third-order valence-corrected chi connectivity index (χ3v) is 5.37. The van der Waals surface area contributed by atoms with Gasteiger partial charge in [-0.2, -0.15) is 0 Å². The molecule has 19 heavy (non-hydrogen) atoms. The number of nitrogens with one attached hydrogen (secondary N) is 1. The number of hydrogen-bond donors (Lipinski definition) is 1. The Balaban J connectivity index is 1.78. The molecule has 2 heteroatoms. The third kappa shape index (κ3) is 4.12. The van der Waals surface area contributed by atoms with Gasteiger partial charge >= 0.3 is 0 Å². The summed E-state index contributed by atoms with van der Waals surface area (Å²) in [6, 6.07) is 9.49. The van der Waals surface area contributed by atoms with Crippen LogP contribution in [0.1, 0.15) is 37.7 Å². The van der Waals surface area contributed by atoms with Gasteiger partial charge in [0.15, 0.2) is 0 Å². The smallest absolute Gasteiger partial charge is 0.0289 e. The van der Waals surface area contributed by atoms with Crippen molar-refractivity contribution in [3.8, 4) is 0 Å². The molecule has 0 aromatic heterocycles. The molecule has 1 aliphatic rings. The Morgan fingerprint density at radius 2 is 2.21 bits per heavy atom. The van der Waals surface area contributed by atoms with Gasteiger partial charge in [0, 0.05) is 16.2 Å². The van der Waals surface area contributed by atoms with E-state index in [2.05, 4.69) is 55.0 Å². The molecule has 2 rings (SSSR count). The van der Waals surface area contributed by atoms with E-state index in [1.54, 1.807) is 0 Å². The molecule has 1 N–H and O–H groups in total. The average molecular weight is 275 g/mol. The van der Waals surface area contributed by atoms with Crippen molar-refractivity contribution in [1.29, 1.82) is 0 Å². The van der Waals surface area contributed by atoms with Gasteiger partial charge in [0.05, 0.1) is 0 Å². The predicted octanol–water partition coefficient (Wildman–Crippen LogP) is 4.43. The molecule has 1 aromatic rings.